The minimum absolute atomic E-state index is 0.309. The van der Waals surface area contributed by atoms with E-state index in [9.17, 15) is 9.59 Å². The lowest BCUT2D eigenvalue weighted by molar-refractivity contribution is -0.139. The van der Waals surface area contributed by atoms with Crippen LogP contribution < -0.4 is 4.74 Å². The summed E-state index contributed by atoms with van der Waals surface area (Å²) >= 11 is 0. The highest BCUT2D eigenvalue weighted by Gasteiger charge is 2.02. The van der Waals surface area contributed by atoms with Gasteiger partial charge in [0.15, 0.2) is 0 Å². The first-order valence-corrected chi connectivity index (χ1v) is 10.4. The summed E-state index contributed by atoms with van der Waals surface area (Å²) in [6, 6.07) is 7.60. The van der Waals surface area contributed by atoms with E-state index in [1.807, 2.05) is 24.3 Å². The van der Waals surface area contributed by atoms with E-state index >= 15 is 0 Å². The van der Waals surface area contributed by atoms with Crippen molar-refractivity contribution in [3.8, 4) is 5.75 Å². The van der Waals surface area contributed by atoms with E-state index in [2.05, 4.69) is 13.5 Å². The molecule has 0 radical (unpaired) electrons. The predicted molar refractivity (Wildman–Crippen MR) is 116 cm³/mol. The van der Waals surface area contributed by atoms with E-state index in [1.54, 1.807) is 13.0 Å². The maximum absolute atomic E-state index is 11.6. The molecule has 0 saturated carbocycles. The summed E-state index contributed by atoms with van der Waals surface area (Å²) in [5, 5.41) is 0. The van der Waals surface area contributed by atoms with Crippen molar-refractivity contribution in [1.82, 2.24) is 0 Å². The molecule has 0 N–H and O–H groups in total. The Balaban J connectivity index is 2.13. The van der Waals surface area contributed by atoms with Gasteiger partial charge >= 0.3 is 11.9 Å². The van der Waals surface area contributed by atoms with Gasteiger partial charge in [-0.3, -0.25) is 0 Å². The average Bonchev–Trinajstić information content (AvgIpc) is 2.72. The van der Waals surface area contributed by atoms with Crippen molar-refractivity contribution >= 4 is 18.0 Å². The van der Waals surface area contributed by atoms with Crippen LogP contribution in [0.5, 0.6) is 5.75 Å². The van der Waals surface area contributed by atoms with Gasteiger partial charge < -0.3 is 14.2 Å². The summed E-state index contributed by atoms with van der Waals surface area (Å²) in [5.74, 6) is 0.172. The first-order valence-electron chi connectivity index (χ1n) is 10.4. The molecule has 0 aliphatic heterocycles. The van der Waals surface area contributed by atoms with Gasteiger partial charge in [-0.2, -0.15) is 0 Å². The van der Waals surface area contributed by atoms with Gasteiger partial charge in [-0.15, -0.1) is 0 Å². The van der Waals surface area contributed by atoms with Gasteiger partial charge in [0.05, 0.1) is 19.8 Å². The van der Waals surface area contributed by atoms with Crippen LogP contribution in [0.15, 0.2) is 42.5 Å². The fourth-order valence-electron chi connectivity index (χ4n) is 2.45. The smallest absolute Gasteiger partial charge is 0.333 e. The van der Waals surface area contributed by atoms with E-state index in [1.165, 1.54) is 6.08 Å². The molecule has 0 saturated heterocycles. The van der Waals surface area contributed by atoms with Crippen molar-refractivity contribution in [2.45, 2.75) is 58.8 Å². The second-order valence-electron chi connectivity index (χ2n) is 6.96. The molecule has 5 heteroatoms. The van der Waals surface area contributed by atoms with E-state index in [-0.39, 0.29) is 11.9 Å². The number of esters is 2. The SMILES string of the molecule is C=C(C)C(=O)OCCCCCCOc1ccc(C=CC(=O)OCCCCC)cc1. The molecule has 0 fully saturated rings. The normalized spacial score (nSPS) is 10.7. The molecule has 0 unspecified atom stereocenters. The molecule has 1 rings (SSSR count). The highest BCUT2D eigenvalue weighted by atomic mass is 16.5. The molecule has 1 aromatic carbocycles. The average molecular weight is 403 g/mol. The van der Waals surface area contributed by atoms with E-state index < -0.39 is 0 Å². The van der Waals surface area contributed by atoms with Crippen molar-refractivity contribution in [3.05, 3.63) is 48.1 Å². The summed E-state index contributed by atoms with van der Waals surface area (Å²) in [5.41, 5.74) is 1.36. The zero-order valence-corrected chi connectivity index (χ0v) is 17.8. The third kappa shape index (κ3) is 12.5. The van der Waals surface area contributed by atoms with Gasteiger partial charge in [-0.05, 0) is 62.8 Å². The number of ether oxygens (including phenoxy) is 3. The van der Waals surface area contributed by atoms with Gasteiger partial charge in [0.25, 0.3) is 0 Å². The third-order valence-corrected chi connectivity index (χ3v) is 4.17. The Morgan fingerprint density at radius 3 is 2.17 bits per heavy atom. The first kappa shape index (κ1) is 24.5. The molecule has 1 aromatic rings. The monoisotopic (exact) mass is 402 g/mol. The molecule has 0 atom stereocenters. The Morgan fingerprint density at radius 1 is 0.897 bits per heavy atom. The van der Waals surface area contributed by atoms with Gasteiger partial charge in [0.2, 0.25) is 0 Å². The lowest BCUT2D eigenvalue weighted by Gasteiger charge is -2.07. The molecule has 0 amide bonds. The zero-order chi connectivity index (χ0) is 21.3. The van der Waals surface area contributed by atoms with E-state index in [0.29, 0.717) is 25.4 Å². The first-order chi connectivity index (χ1) is 14.0. The second kappa shape index (κ2) is 15.4. The van der Waals surface area contributed by atoms with Crippen LogP contribution in [0.25, 0.3) is 6.08 Å². The number of carbonyl (C=O) groups excluding carboxylic acids is 2. The number of carbonyl (C=O) groups is 2. The number of hydrogen-bond acceptors (Lipinski definition) is 5. The Kier molecular flexibility index (Phi) is 13.0. The quantitative estimate of drug-likeness (QED) is 0.220. The lowest BCUT2D eigenvalue weighted by atomic mass is 10.2. The molecule has 0 heterocycles. The van der Waals surface area contributed by atoms with Crippen molar-refractivity contribution in [3.63, 3.8) is 0 Å². The molecule has 0 aliphatic rings. The van der Waals surface area contributed by atoms with Crippen LogP contribution >= 0.6 is 0 Å². The Hall–Kier alpha value is -2.56. The van der Waals surface area contributed by atoms with Crippen LogP contribution in [0.3, 0.4) is 0 Å². The molecular formula is C24H34O5. The predicted octanol–water partition coefficient (Wildman–Crippen LogP) is 5.49. The highest BCUT2D eigenvalue weighted by molar-refractivity contribution is 5.87. The van der Waals surface area contributed by atoms with E-state index in [0.717, 1.165) is 56.3 Å². The fraction of sp³-hybridized carbons (Fsp3) is 0.500. The van der Waals surface area contributed by atoms with Crippen LogP contribution in [-0.2, 0) is 19.1 Å². The minimum atomic E-state index is -0.324. The van der Waals surface area contributed by atoms with Gasteiger partial charge in [-0.25, -0.2) is 9.59 Å². The standard InChI is InChI=1S/C24H34O5/c1-4-5-8-18-28-23(25)16-13-21-11-14-22(15-12-21)27-17-9-6-7-10-19-29-24(26)20(2)3/h11-16H,2,4-10,17-19H2,1,3H3. The van der Waals surface area contributed by atoms with Crippen LogP contribution in [0.4, 0.5) is 0 Å². The fourth-order valence-corrected chi connectivity index (χ4v) is 2.45. The molecule has 5 nitrogen and oxygen atoms in total. The molecule has 0 aliphatic carbocycles. The summed E-state index contributed by atoms with van der Waals surface area (Å²) in [7, 11) is 0. The number of rotatable bonds is 15. The van der Waals surface area contributed by atoms with E-state index in [4.69, 9.17) is 14.2 Å². The van der Waals surface area contributed by atoms with Crippen LogP contribution in [0.2, 0.25) is 0 Å². The topological polar surface area (TPSA) is 61.8 Å². The molecule has 160 valence electrons. The number of benzene rings is 1. The maximum Gasteiger partial charge on any atom is 0.333 e. The second-order valence-corrected chi connectivity index (χ2v) is 6.96. The zero-order valence-electron chi connectivity index (χ0n) is 17.8. The third-order valence-electron chi connectivity index (χ3n) is 4.17. The van der Waals surface area contributed by atoms with Crippen LogP contribution in [0.1, 0.15) is 64.4 Å². The lowest BCUT2D eigenvalue weighted by Crippen LogP contribution is -2.06. The largest absolute Gasteiger partial charge is 0.494 e. The summed E-state index contributed by atoms with van der Waals surface area (Å²) < 4.78 is 15.9. The molecular weight excluding hydrogens is 368 g/mol. The number of unbranched alkanes of at least 4 members (excludes halogenated alkanes) is 5. The van der Waals surface area contributed by atoms with Gasteiger partial charge in [0, 0.05) is 11.6 Å². The maximum atomic E-state index is 11.6. The van der Waals surface area contributed by atoms with Crippen molar-refractivity contribution in [1.29, 1.82) is 0 Å². The minimum Gasteiger partial charge on any atom is -0.494 e. The van der Waals surface area contributed by atoms with Crippen molar-refractivity contribution in [2.75, 3.05) is 19.8 Å². The summed E-state index contributed by atoms with van der Waals surface area (Å²) in [6.45, 7) is 8.86. The summed E-state index contributed by atoms with van der Waals surface area (Å²) in [4.78, 5) is 22.8. The van der Waals surface area contributed by atoms with Crippen molar-refractivity contribution in [2.24, 2.45) is 0 Å². The van der Waals surface area contributed by atoms with Gasteiger partial charge in [-0.1, -0.05) is 38.5 Å². The van der Waals surface area contributed by atoms with Crippen LogP contribution in [0, 0.1) is 0 Å². The Bertz CT molecular complexity index is 646. The van der Waals surface area contributed by atoms with Gasteiger partial charge in [0.1, 0.15) is 5.75 Å². The molecule has 0 bridgehead atoms. The molecule has 0 aromatic heterocycles. The molecule has 29 heavy (non-hydrogen) atoms. The van der Waals surface area contributed by atoms with Crippen molar-refractivity contribution < 1.29 is 23.8 Å². The molecule has 0 spiro atoms. The number of hydrogen-bond donors (Lipinski definition) is 0. The Labute approximate surface area is 174 Å². The Morgan fingerprint density at radius 2 is 1.52 bits per heavy atom. The highest BCUT2D eigenvalue weighted by Crippen LogP contribution is 2.14. The van der Waals surface area contributed by atoms with Crippen LogP contribution in [-0.4, -0.2) is 31.8 Å². The summed E-state index contributed by atoms with van der Waals surface area (Å²) in [6.07, 6.45) is 10.1.